The SMILES string of the molecule is O=Cc1c[nH]c(=O)c(CBr)c1C(F)F. The Bertz CT molecular complexity index is 403. The summed E-state index contributed by atoms with van der Waals surface area (Å²) in [6.07, 6.45) is -1.54. The molecule has 1 aromatic rings. The Kier molecular flexibility index (Phi) is 3.51. The van der Waals surface area contributed by atoms with Crippen LogP contribution in [-0.2, 0) is 5.33 Å². The largest absolute Gasteiger partial charge is 0.328 e. The molecule has 1 N–H and O–H groups in total. The number of aromatic nitrogens is 1. The molecule has 0 unspecified atom stereocenters. The Morgan fingerprint density at radius 2 is 2.21 bits per heavy atom. The molecule has 3 nitrogen and oxygen atoms in total. The molecule has 0 atom stereocenters. The summed E-state index contributed by atoms with van der Waals surface area (Å²) in [4.78, 5) is 23.8. The fourth-order valence-electron chi connectivity index (χ4n) is 1.09. The van der Waals surface area contributed by atoms with Gasteiger partial charge in [0.2, 0.25) is 0 Å². The fourth-order valence-corrected chi connectivity index (χ4v) is 1.65. The highest BCUT2D eigenvalue weighted by Crippen LogP contribution is 2.24. The molecule has 1 rings (SSSR count). The Labute approximate surface area is 86.3 Å². The average Bonchev–Trinajstić information content (AvgIpc) is 2.17. The number of H-pyrrole nitrogens is 1. The van der Waals surface area contributed by atoms with E-state index in [0.717, 1.165) is 6.20 Å². The van der Waals surface area contributed by atoms with Crippen molar-refractivity contribution in [2.75, 3.05) is 0 Å². The van der Waals surface area contributed by atoms with Crippen molar-refractivity contribution in [3.05, 3.63) is 33.2 Å². The summed E-state index contributed by atoms with van der Waals surface area (Å²) in [5.41, 5.74) is -1.40. The lowest BCUT2D eigenvalue weighted by Crippen LogP contribution is -2.16. The highest BCUT2D eigenvalue weighted by molar-refractivity contribution is 9.08. The third-order valence-corrected chi connectivity index (χ3v) is 2.31. The van der Waals surface area contributed by atoms with Gasteiger partial charge in [-0.2, -0.15) is 0 Å². The van der Waals surface area contributed by atoms with Gasteiger partial charge in [-0.1, -0.05) is 15.9 Å². The zero-order valence-electron chi connectivity index (χ0n) is 6.89. The van der Waals surface area contributed by atoms with E-state index >= 15 is 0 Å². The van der Waals surface area contributed by atoms with E-state index in [1.807, 2.05) is 0 Å². The molecule has 0 aromatic carbocycles. The molecule has 0 spiro atoms. The first-order valence-electron chi connectivity index (χ1n) is 3.65. The van der Waals surface area contributed by atoms with E-state index in [-0.39, 0.29) is 16.5 Å². The van der Waals surface area contributed by atoms with Gasteiger partial charge in [-0.05, 0) is 0 Å². The van der Waals surface area contributed by atoms with Gasteiger partial charge in [0.25, 0.3) is 12.0 Å². The maximum Gasteiger partial charge on any atom is 0.265 e. The summed E-state index contributed by atoms with van der Waals surface area (Å²) in [6.45, 7) is 0. The number of carbonyl (C=O) groups excluding carboxylic acids is 1. The average molecular weight is 266 g/mol. The number of pyridine rings is 1. The summed E-state index contributed by atoms with van der Waals surface area (Å²) in [5, 5.41) is -0.0102. The van der Waals surface area contributed by atoms with Crippen LogP contribution < -0.4 is 5.56 Å². The van der Waals surface area contributed by atoms with Crippen molar-refractivity contribution in [2.24, 2.45) is 0 Å². The monoisotopic (exact) mass is 265 g/mol. The van der Waals surface area contributed by atoms with Crippen LogP contribution in [0.25, 0.3) is 0 Å². The lowest BCUT2D eigenvalue weighted by atomic mass is 10.1. The van der Waals surface area contributed by atoms with Crippen LogP contribution >= 0.6 is 15.9 Å². The van der Waals surface area contributed by atoms with Crippen LogP contribution in [0.1, 0.15) is 27.9 Å². The van der Waals surface area contributed by atoms with Gasteiger partial charge in [-0.15, -0.1) is 0 Å². The van der Waals surface area contributed by atoms with Gasteiger partial charge < -0.3 is 4.98 Å². The van der Waals surface area contributed by atoms with Crippen LogP contribution in [0, 0.1) is 0 Å². The minimum Gasteiger partial charge on any atom is -0.328 e. The van der Waals surface area contributed by atoms with Crippen LogP contribution in [0.5, 0.6) is 0 Å². The standard InChI is InChI=1S/C8H6BrF2NO2/c9-1-5-6(7(10)11)4(3-13)2-12-8(5)14/h2-3,7H,1H2,(H,12,14). The number of aldehydes is 1. The molecule has 1 aromatic heterocycles. The number of hydrogen-bond donors (Lipinski definition) is 1. The van der Waals surface area contributed by atoms with Crippen molar-refractivity contribution < 1.29 is 13.6 Å². The maximum absolute atomic E-state index is 12.5. The van der Waals surface area contributed by atoms with E-state index in [9.17, 15) is 18.4 Å². The molecule has 6 heteroatoms. The molecule has 76 valence electrons. The minimum absolute atomic E-state index is 0.0102. The van der Waals surface area contributed by atoms with Crippen LogP contribution in [0.15, 0.2) is 11.0 Å². The summed E-state index contributed by atoms with van der Waals surface area (Å²) >= 11 is 2.92. The van der Waals surface area contributed by atoms with Gasteiger partial charge >= 0.3 is 0 Å². The first-order valence-corrected chi connectivity index (χ1v) is 4.77. The molecule has 0 saturated heterocycles. The van der Waals surface area contributed by atoms with Crippen molar-refractivity contribution in [1.29, 1.82) is 0 Å². The number of nitrogens with one attached hydrogen (secondary N) is 1. The van der Waals surface area contributed by atoms with Crippen molar-refractivity contribution in [3.63, 3.8) is 0 Å². The second-order valence-corrected chi connectivity index (χ2v) is 3.08. The zero-order chi connectivity index (χ0) is 10.7. The van der Waals surface area contributed by atoms with Crippen LogP contribution in [0.3, 0.4) is 0 Å². The van der Waals surface area contributed by atoms with E-state index in [1.165, 1.54) is 0 Å². The lowest BCUT2D eigenvalue weighted by Gasteiger charge is -2.07. The molecular formula is C8H6BrF2NO2. The second-order valence-electron chi connectivity index (χ2n) is 2.52. The third kappa shape index (κ3) is 1.89. The lowest BCUT2D eigenvalue weighted by molar-refractivity contribution is 0.110. The molecule has 1 heterocycles. The first-order chi connectivity index (χ1) is 6.61. The van der Waals surface area contributed by atoms with Gasteiger partial charge in [0, 0.05) is 28.2 Å². The first kappa shape index (κ1) is 11.0. The van der Waals surface area contributed by atoms with E-state index in [0.29, 0.717) is 6.29 Å². The Morgan fingerprint density at radius 3 is 2.64 bits per heavy atom. The van der Waals surface area contributed by atoms with E-state index in [2.05, 4.69) is 20.9 Å². The molecule has 14 heavy (non-hydrogen) atoms. The Balaban J connectivity index is 3.51. The van der Waals surface area contributed by atoms with Crippen molar-refractivity contribution in [1.82, 2.24) is 4.98 Å². The number of aromatic amines is 1. The second kappa shape index (κ2) is 4.45. The molecular weight excluding hydrogens is 260 g/mol. The van der Waals surface area contributed by atoms with Gasteiger partial charge in [0.05, 0.1) is 0 Å². The van der Waals surface area contributed by atoms with Crippen LogP contribution in [-0.4, -0.2) is 11.3 Å². The third-order valence-electron chi connectivity index (χ3n) is 1.75. The van der Waals surface area contributed by atoms with E-state index in [1.54, 1.807) is 0 Å². The molecule has 0 aliphatic heterocycles. The van der Waals surface area contributed by atoms with Crippen molar-refractivity contribution >= 4 is 22.2 Å². The van der Waals surface area contributed by atoms with Gasteiger partial charge in [0.1, 0.15) is 0 Å². The van der Waals surface area contributed by atoms with Crippen LogP contribution in [0.2, 0.25) is 0 Å². The molecule has 0 aliphatic carbocycles. The fraction of sp³-hybridized carbons (Fsp3) is 0.250. The number of hydrogen-bond acceptors (Lipinski definition) is 2. The Hall–Kier alpha value is -1.04. The van der Waals surface area contributed by atoms with Gasteiger partial charge in [-0.25, -0.2) is 8.78 Å². The van der Waals surface area contributed by atoms with Crippen LogP contribution in [0.4, 0.5) is 8.78 Å². The predicted octanol–water partition coefficient (Wildman–Crippen LogP) is 2.02. The topological polar surface area (TPSA) is 49.9 Å². The van der Waals surface area contributed by atoms with Gasteiger partial charge in [0.15, 0.2) is 6.29 Å². The molecule has 0 aliphatic rings. The number of alkyl halides is 3. The minimum atomic E-state index is -2.83. The quantitative estimate of drug-likeness (QED) is 0.672. The van der Waals surface area contributed by atoms with Crippen molar-refractivity contribution in [3.8, 4) is 0 Å². The molecule has 0 bridgehead atoms. The maximum atomic E-state index is 12.5. The highest BCUT2D eigenvalue weighted by Gasteiger charge is 2.19. The summed E-state index contributed by atoms with van der Waals surface area (Å²) in [7, 11) is 0. The number of halogens is 3. The summed E-state index contributed by atoms with van der Waals surface area (Å²) < 4.78 is 25.0. The highest BCUT2D eigenvalue weighted by atomic mass is 79.9. The predicted molar refractivity (Wildman–Crippen MR) is 50.0 cm³/mol. The van der Waals surface area contributed by atoms with E-state index in [4.69, 9.17) is 0 Å². The smallest absolute Gasteiger partial charge is 0.265 e. The van der Waals surface area contributed by atoms with Crippen molar-refractivity contribution in [2.45, 2.75) is 11.8 Å². The Morgan fingerprint density at radius 1 is 1.57 bits per heavy atom. The summed E-state index contributed by atoms with van der Waals surface area (Å²) in [6, 6.07) is 0. The molecule has 0 radical (unpaired) electrons. The zero-order valence-corrected chi connectivity index (χ0v) is 8.48. The number of carbonyl (C=O) groups is 1. The molecule has 0 fully saturated rings. The van der Waals surface area contributed by atoms with E-state index < -0.39 is 17.5 Å². The normalized spacial score (nSPS) is 10.6. The van der Waals surface area contributed by atoms with Gasteiger partial charge in [-0.3, -0.25) is 9.59 Å². The molecule has 0 saturated carbocycles. The summed E-state index contributed by atoms with van der Waals surface area (Å²) in [5.74, 6) is 0. The molecule has 0 amide bonds. The number of rotatable bonds is 3.